The molecule has 1 fully saturated rings. The lowest BCUT2D eigenvalue weighted by atomic mass is 10.0. The van der Waals surface area contributed by atoms with Gasteiger partial charge in [0.15, 0.2) is 5.65 Å². The fourth-order valence-corrected chi connectivity index (χ4v) is 2.89. The van der Waals surface area contributed by atoms with Gasteiger partial charge in [0, 0.05) is 25.7 Å². The highest BCUT2D eigenvalue weighted by Crippen LogP contribution is 2.27. The zero-order valence-electron chi connectivity index (χ0n) is 12.9. The smallest absolute Gasteiger partial charge is 0.226 e. The molecule has 1 aliphatic heterocycles. The van der Waals surface area contributed by atoms with Crippen molar-refractivity contribution in [3.63, 3.8) is 0 Å². The summed E-state index contributed by atoms with van der Waals surface area (Å²) in [4.78, 5) is 13.8. The molecule has 0 radical (unpaired) electrons. The Labute approximate surface area is 124 Å². The highest BCUT2D eigenvalue weighted by Gasteiger charge is 2.23. The Morgan fingerprint density at radius 3 is 2.76 bits per heavy atom. The summed E-state index contributed by atoms with van der Waals surface area (Å²) in [7, 11) is 4.31. The van der Waals surface area contributed by atoms with Crippen LogP contribution in [0.4, 0.5) is 11.8 Å². The number of nitrogens with one attached hydrogen (secondary N) is 2. The Morgan fingerprint density at radius 1 is 1.33 bits per heavy atom. The first-order valence-electron chi connectivity index (χ1n) is 7.55. The minimum atomic E-state index is 0.663. The molecule has 3 rings (SSSR count). The minimum Gasteiger partial charge on any atom is -0.356 e. The molecule has 114 valence electrons. The van der Waals surface area contributed by atoms with Crippen LogP contribution < -0.4 is 10.2 Å². The van der Waals surface area contributed by atoms with E-state index < -0.39 is 0 Å². The van der Waals surface area contributed by atoms with Crippen molar-refractivity contribution >= 4 is 22.8 Å². The summed E-state index contributed by atoms with van der Waals surface area (Å²) in [6, 6.07) is 0.663. The quantitative estimate of drug-likeness (QED) is 0.884. The number of aromatic nitrogens is 4. The fourth-order valence-electron chi connectivity index (χ4n) is 2.89. The molecule has 7 nitrogen and oxygen atoms in total. The predicted octanol–water partition coefficient (Wildman–Crippen LogP) is 1.32. The third-order valence-corrected chi connectivity index (χ3v) is 4.12. The first-order valence-corrected chi connectivity index (χ1v) is 7.55. The molecule has 0 aliphatic carbocycles. The van der Waals surface area contributed by atoms with Crippen molar-refractivity contribution < 1.29 is 0 Å². The maximum absolute atomic E-state index is 4.69. The van der Waals surface area contributed by atoms with Gasteiger partial charge in [-0.25, -0.2) is 0 Å². The molecule has 1 saturated heterocycles. The average molecular weight is 289 g/mol. The number of H-pyrrole nitrogens is 1. The van der Waals surface area contributed by atoms with Crippen molar-refractivity contribution in [1.29, 1.82) is 0 Å². The van der Waals surface area contributed by atoms with Gasteiger partial charge in [0.2, 0.25) is 5.95 Å². The molecule has 7 heteroatoms. The van der Waals surface area contributed by atoms with E-state index in [4.69, 9.17) is 0 Å². The average Bonchev–Trinajstić information content (AvgIpc) is 2.95. The van der Waals surface area contributed by atoms with E-state index in [0.717, 1.165) is 49.3 Å². The molecule has 0 unspecified atom stereocenters. The van der Waals surface area contributed by atoms with Crippen LogP contribution in [0, 0.1) is 0 Å². The molecular weight excluding hydrogens is 266 g/mol. The Bertz CT molecular complexity index is 598. The second-order valence-electron chi connectivity index (χ2n) is 5.72. The third-order valence-electron chi connectivity index (χ3n) is 4.12. The molecule has 21 heavy (non-hydrogen) atoms. The van der Waals surface area contributed by atoms with Crippen LogP contribution in [-0.2, 0) is 0 Å². The van der Waals surface area contributed by atoms with Crippen LogP contribution in [0.2, 0.25) is 0 Å². The van der Waals surface area contributed by atoms with E-state index in [-0.39, 0.29) is 0 Å². The number of nitrogens with zero attached hydrogens (tertiary/aromatic N) is 5. The van der Waals surface area contributed by atoms with E-state index in [1.54, 1.807) is 0 Å². The zero-order valence-corrected chi connectivity index (χ0v) is 12.9. The van der Waals surface area contributed by atoms with Crippen LogP contribution in [-0.4, -0.2) is 64.8 Å². The minimum absolute atomic E-state index is 0.663. The normalized spacial score (nSPS) is 16.9. The first-order chi connectivity index (χ1) is 10.2. The van der Waals surface area contributed by atoms with E-state index in [2.05, 4.69) is 49.4 Å². The van der Waals surface area contributed by atoms with Gasteiger partial charge in [-0.05, 0) is 33.9 Å². The van der Waals surface area contributed by atoms with Gasteiger partial charge in [0.05, 0.1) is 11.6 Å². The monoisotopic (exact) mass is 289 g/mol. The second-order valence-corrected chi connectivity index (χ2v) is 5.72. The van der Waals surface area contributed by atoms with Gasteiger partial charge in [-0.2, -0.15) is 15.1 Å². The molecule has 0 bridgehead atoms. The third kappa shape index (κ3) is 2.78. The highest BCUT2D eigenvalue weighted by atomic mass is 15.3. The number of rotatable bonds is 4. The van der Waals surface area contributed by atoms with Crippen LogP contribution in [0.1, 0.15) is 19.8 Å². The topological polar surface area (TPSA) is 73.0 Å². The maximum atomic E-state index is 4.69. The van der Waals surface area contributed by atoms with Crippen LogP contribution >= 0.6 is 0 Å². The summed E-state index contributed by atoms with van der Waals surface area (Å²) in [5.41, 5.74) is 0.797. The van der Waals surface area contributed by atoms with E-state index in [9.17, 15) is 0 Å². The molecule has 0 saturated carbocycles. The molecule has 0 spiro atoms. The first kappa shape index (κ1) is 14.1. The van der Waals surface area contributed by atoms with Crippen LogP contribution in [0.3, 0.4) is 0 Å². The van der Waals surface area contributed by atoms with Crippen molar-refractivity contribution in [3.05, 3.63) is 6.20 Å². The van der Waals surface area contributed by atoms with E-state index >= 15 is 0 Å². The van der Waals surface area contributed by atoms with Crippen LogP contribution in [0.25, 0.3) is 11.0 Å². The Hall–Kier alpha value is -1.89. The molecule has 0 aromatic carbocycles. The number of piperidine rings is 1. The molecule has 0 amide bonds. The fraction of sp³-hybridized carbons (Fsp3) is 0.643. The summed E-state index contributed by atoms with van der Waals surface area (Å²) in [6.07, 6.45) is 4.14. The molecule has 2 aromatic heterocycles. The number of hydrogen-bond acceptors (Lipinski definition) is 6. The molecule has 2 aromatic rings. The van der Waals surface area contributed by atoms with E-state index in [1.165, 1.54) is 0 Å². The van der Waals surface area contributed by atoms with Gasteiger partial charge < -0.3 is 15.1 Å². The number of hydrogen-bond donors (Lipinski definition) is 2. The molecular formula is C14H23N7. The lowest BCUT2D eigenvalue weighted by Gasteiger charge is -2.36. The number of anilines is 2. The van der Waals surface area contributed by atoms with Crippen LogP contribution in [0.15, 0.2) is 6.20 Å². The van der Waals surface area contributed by atoms with Gasteiger partial charge in [-0.15, -0.1) is 0 Å². The van der Waals surface area contributed by atoms with Gasteiger partial charge in [-0.3, -0.25) is 5.10 Å². The van der Waals surface area contributed by atoms with Crippen molar-refractivity contribution in [3.8, 4) is 0 Å². The summed E-state index contributed by atoms with van der Waals surface area (Å²) in [5.74, 6) is 1.65. The largest absolute Gasteiger partial charge is 0.356 e. The highest BCUT2D eigenvalue weighted by molar-refractivity contribution is 5.87. The van der Waals surface area contributed by atoms with Gasteiger partial charge in [-0.1, -0.05) is 0 Å². The summed E-state index contributed by atoms with van der Waals surface area (Å²) >= 11 is 0. The maximum Gasteiger partial charge on any atom is 0.226 e. The van der Waals surface area contributed by atoms with E-state index in [0.29, 0.717) is 12.0 Å². The van der Waals surface area contributed by atoms with Gasteiger partial charge in [0.25, 0.3) is 0 Å². The number of aromatic amines is 1. The molecule has 1 aliphatic rings. The summed E-state index contributed by atoms with van der Waals surface area (Å²) < 4.78 is 0. The lowest BCUT2D eigenvalue weighted by molar-refractivity contribution is 0.249. The Kier molecular flexibility index (Phi) is 3.92. The van der Waals surface area contributed by atoms with Crippen molar-refractivity contribution in [1.82, 2.24) is 25.1 Å². The van der Waals surface area contributed by atoms with Crippen molar-refractivity contribution in [2.24, 2.45) is 0 Å². The number of fused-ring (bicyclic) bond motifs is 1. The lowest BCUT2D eigenvalue weighted by Crippen LogP contribution is -2.42. The van der Waals surface area contributed by atoms with Crippen molar-refractivity contribution in [2.45, 2.75) is 25.8 Å². The second kappa shape index (κ2) is 5.85. The van der Waals surface area contributed by atoms with Crippen LogP contribution in [0.5, 0.6) is 0 Å². The van der Waals surface area contributed by atoms with Gasteiger partial charge >= 0.3 is 0 Å². The van der Waals surface area contributed by atoms with Gasteiger partial charge in [0.1, 0.15) is 5.82 Å². The molecule has 0 atom stereocenters. The molecule has 3 heterocycles. The summed E-state index contributed by atoms with van der Waals surface area (Å²) in [6.45, 7) is 4.89. The summed E-state index contributed by atoms with van der Waals surface area (Å²) in [5, 5.41) is 11.3. The molecule has 2 N–H and O–H groups in total. The predicted molar refractivity (Wildman–Crippen MR) is 84.8 cm³/mol. The Morgan fingerprint density at radius 2 is 2.10 bits per heavy atom. The SMILES string of the molecule is CCNc1nc(N2CCC(N(C)C)CC2)c2cn[nH]c2n1. The zero-order chi connectivity index (χ0) is 14.8. The Balaban J connectivity index is 1.87. The van der Waals surface area contributed by atoms with E-state index in [1.807, 2.05) is 13.1 Å². The van der Waals surface area contributed by atoms with Crippen molar-refractivity contribution in [2.75, 3.05) is 43.9 Å². The standard InChI is InChI=1S/C14H23N7/c1-4-15-14-17-12-11(9-16-19-12)13(18-14)21-7-5-10(6-8-21)20(2)3/h9-10H,4-8H2,1-3H3,(H2,15,16,17,18,19).